The molecule has 0 radical (unpaired) electrons. The van der Waals surface area contributed by atoms with Gasteiger partial charge < -0.3 is 15.3 Å². The summed E-state index contributed by atoms with van der Waals surface area (Å²) in [6.07, 6.45) is 0. The number of thiocarbonyl (C=S) groups is 1. The van der Waals surface area contributed by atoms with Crippen molar-refractivity contribution in [3.05, 3.63) is 0 Å². The van der Waals surface area contributed by atoms with Crippen molar-refractivity contribution in [3.8, 4) is 0 Å². The van der Waals surface area contributed by atoms with E-state index in [1.807, 2.05) is 18.7 Å². The second-order valence-electron chi connectivity index (χ2n) is 3.34. The minimum atomic E-state index is -1.05. The van der Waals surface area contributed by atoms with Crippen LogP contribution < -0.4 is 5.32 Å². The maximum absolute atomic E-state index is 10.9. The first kappa shape index (κ1) is 16.2. The Morgan fingerprint density at radius 3 is 2.29 bits per heavy atom. The van der Waals surface area contributed by atoms with Crippen molar-refractivity contribution in [2.24, 2.45) is 0 Å². The highest BCUT2D eigenvalue weighted by Crippen LogP contribution is 2.11. The fraction of sp³-hybridized carbons (Fsp3) is 0.700. The Kier molecular flexibility index (Phi) is 7.90. The molecule has 0 aliphatic carbocycles. The highest BCUT2D eigenvalue weighted by Gasteiger charge is 2.19. The number of aliphatic carboxylic acids is 1. The van der Waals surface area contributed by atoms with E-state index in [-0.39, 0.29) is 11.7 Å². The Labute approximate surface area is 111 Å². The smallest absolute Gasteiger partial charge is 0.327 e. The Morgan fingerprint density at radius 2 is 1.94 bits per heavy atom. The summed E-state index contributed by atoms with van der Waals surface area (Å²) in [6, 6.07) is -0.897. The van der Waals surface area contributed by atoms with Crippen molar-refractivity contribution < 1.29 is 14.7 Å². The number of carbonyl (C=O) groups excluding carboxylic acids is 1. The van der Waals surface area contributed by atoms with Crippen LogP contribution in [0, 0.1) is 0 Å². The molecule has 0 heterocycles. The van der Waals surface area contributed by atoms with Gasteiger partial charge in [0.25, 0.3) is 0 Å². The molecule has 2 N–H and O–H groups in total. The zero-order chi connectivity index (χ0) is 13.4. The molecule has 0 saturated heterocycles. The predicted molar refractivity (Wildman–Crippen MR) is 73.2 cm³/mol. The van der Waals surface area contributed by atoms with Gasteiger partial charge in [-0.2, -0.15) is 0 Å². The third kappa shape index (κ3) is 6.48. The molecule has 5 nitrogen and oxygen atoms in total. The lowest BCUT2D eigenvalue weighted by Crippen LogP contribution is -2.42. The summed E-state index contributed by atoms with van der Waals surface area (Å²) in [7, 11) is 0. The van der Waals surface area contributed by atoms with Gasteiger partial charge >= 0.3 is 5.97 Å². The van der Waals surface area contributed by atoms with Crippen molar-refractivity contribution in [2.45, 2.75) is 26.8 Å². The third-order valence-electron chi connectivity index (χ3n) is 2.07. The van der Waals surface area contributed by atoms with E-state index in [4.69, 9.17) is 17.3 Å². The normalized spacial score (nSPS) is 11.7. The molecular weight excluding hydrogens is 260 g/mol. The molecule has 0 fully saturated rings. The van der Waals surface area contributed by atoms with Crippen LogP contribution in [-0.4, -0.2) is 51.1 Å². The van der Waals surface area contributed by atoms with Crippen LogP contribution in [0.25, 0.3) is 0 Å². The predicted octanol–water partition coefficient (Wildman–Crippen LogP) is 0.936. The summed E-state index contributed by atoms with van der Waals surface area (Å²) >= 11 is 6.45. The van der Waals surface area contributed by atoms with Gasteiger partial charge in [0.05, 0.1) is 0 Å². The number of nitrogens with one attached hydrogen (secondary N) is 1. The number of rotatable bonds is 6. The van der Waals surface area contributed by atoms with Gasteiger partial charge in [-0.3, -0.25) is 4.79 Å². The van der Waals surface area contributed by atoms with E-state index >= 15 is 0 Å². The summed E-state index contributed by atoms with van der Waals surface area (Å²) in [5, 5.41) is 11.3. The van der Waals surface area contributed by atoms with Crippen molar-refractivity contribution in [2.75, 3.05) is 18.8 Å². The van der Waals surface area contributed by atoms with Crippen LogP contribution in [0.3, 0.4) is 0 Å². The molecule has 1 amide bonds. The standard InChI is InChI=1S/C10H18N2O3S2/c1-4-12(5-2)10(16)17-6-8(9(14)15)11-7(3)13/h8H,4-6H2,1-3H3,(H,11,13)(H,14,15)/t8-/m0/s1. The van der Waals surface area contributed by atoms with Crippen LogP contribution >= 0.6 is 24.0 Å². The van der Waals surface area contributed by atoms with Gasteiger partial charge in [-0.1, -0.05) is 24.0 Å². The van der Waals surface area contributed by atoms with E-state index in [1.54, 1.807) is 0 Å². The summed E-state index contributed by atoms with van der Waals surface area (Å²) in [5.41, 5.74) is 0. The first-order valence-electron chi connectivity index (χ1n) is 5.33. The molecule has 0 aliphatic rings. The number of carboxylic acids is 1. The average molecular weight is 278 g/mol. The highest BCUT2D eigenvalue weighted by atomic mass is 32.2. The van der Waals surface area contributed by atoms with E-state index in [0.29, 0.717) is 4.32 Å². The Bertz CT molecular complexity index is 293. The van der Waals surface area contributed by atoms with Gasteiger partial charge in [0.1, 0.15) is 10.4 Å². The van der Waals surface area contributed by atoms with Gasteiger partial charge in [-0.05, 0) is 13.8 Å². The van der Waals surface area contributed by atoms with E-state index in [1.165, 1.54) is 18.7 Å². The number of carbonyl (C=O) groups is 2. The van der Waals surface area contributed by atoms with Gasteiger partial charge in [0.2, 0.25) is 5.91 Å². The van der Waals surface area contributed by atoms with Crippen molar-refractivity contribution >= 4 is 40.2 Å². The van der Waals surface area contributed by atoms with Crippen molar-refractivity contribution in [1.29, 1.82) is 0 Å². The Morgan fingerprint density at radius 1 is 1.41 bits per heavy atom. The van der Waals surface area contributed by atoms with Crippen molar-refractivity contribution in [3.63, 3.8) is 0 Å². The number of hydrogen-bond donors (Lipinski definition) is 2. The fourth-order valence-electron chi connectivity index (χ4n) is 1.15. The van der Waals surface area contributed by atoms with Crippen LogP contribution in [0.2, 0.25) is 0 Å². The second kappa shape index (κ2) is 8.30. The van der Waals surface area contributed by atoms with Gasteiger partial charge in [-0.15, -0.1) is 0 Å². The molecule has 0 bridgehead atoms. The van der Waals surface area contributed by atoms with Crippen LogP contribution in [-0.2, 0) is 9.59 Å². The number of nitrogens with zero attached hydrogens (tertiary/aromatic N) is 1. The Hall–Kier alpha value is -0.820. The maximum Gasteiger partial charge on any atom is 0.327 e. The van der Waals surface area contributed by atoms with Crippen LogP contribution in [0.5, 0.6) is 0 Å². The largest absolute Gasteiger partial charge is 0.480 e. The monoisotopic (exact) mass is 278 g/mol. The number of thioether (sulfide) groups is 1. The maximum atomic E-state index is 10.9. The molecule has 17 heavy (non-hydrogen) atoms. The fourth-order valence-corrected chi connectivity index (χ4v) is 2.59. The first-order chi connectivity index (χ1) is 7.92. The molecule has 0 aromatic rings. The summed E-state index contributed by atoms with van der Waals surface area (Å²) in [4.78, 5) is 23.7. The van der Waals surface area contributed by atoms with E-state index < -0.39 is 12.0 Å². The van der Waals surface area contributed by atoms with Gasteiger partial charge in [0, 0.05) is 25.8 Å². The molecular formula is C10H18N2O3S2. The van der Waals surface area contributed by atoms with E-state index in [9.17, 15) is 9.59 Å². The molecule has 0 aliphatic heterocycles. The van der Waals surface area contributed by atoms with Gasteiger partial charge in [-0.25, -0.2) is 4.79 Å². The van der Waals surface area contributed by atoms with Crippen LogP contribution in [0.15, 0.2) is 0 Å². The molecule has 0 rings (SSSR count). The lowest BCUT2D eigenvalue weighted by Gasteiger charge is -2.22. The summed E-state index contributed by atoms with van der Waals surface area (Å²) in [5.74, 6) is -1.16. The molecule has 0 spiro atoms. The van der Waals surface area contributed by atoms with Crippen molar-refractivity contribution in [1.82, 2.24) is 10.2 Å². The molecule has 1 atom stereocenters. The molecule has 0 saturated carbocycles. The molecule has 98 valence electrons. The van der Waals surface area contributed by atoms with Crippen LogP contribution in [0.1, 0.15) is 20.8 Å². The zero-order valence-electron chi connectivity index (χ0n) is 10.2. The molecule has 7 heteroatoms. The Balaban J connectivity index is 4.25. The third-order valence-corrected chi connectivity index (χ3v) is 3.69. The lowest BCUT2D eigenvalue weighted by molar-refractivity contribution is -0.140. The zero-order valence-corrected chi connectivity index (χ0v) is 11.9. The highest BCUT2D eigenvalue weighted by molar-refractivity contribution is 8.22. The van der Waals surface area contributed by atoms with Gasteiger partial charge in [0.15, 0.2) is 0 Å². The molecule has 0 aromatic carbocycles. The van der Waals surface area contributed by atoms with Crippen LogP contribution in [0.4, 0.5) is 0 Å². The SMILES string of the molecule is CCN(CC)C(=S)SC[C@H](NC(C)=O)C(=O)O. The minimum Gasteiger partial charge on any atom is -0.480 e. The summed E-state index contributed by atoms with van der Waals surface area (Å²) < 4.78 is 0.659. The second-order valence-corrected chi connectivity index (χ2v) is 4.99. The summed E-state index contributed by atoms with van der Waals surface area (Å²) in [6.45, 7) is 6.85. The lowest BCUT2D eigenvalue weighted by atomic mass is 10.3. The van der Waals surface area contributed by atoms with E-state index in [0.717, 1.165) is 13.1 Å². The minimum absolute atomic E-state index is 0.240. The first-order valence-corrected chi connectivity index (χ1v) is 6.73. The molecule has 0 aromatic heterocycles. The number of carboxylic acid groups (broad SMARTS) is 1. The quantitative estimate of drug-likeness (QED) is 0.705. The number of amides is 1. The number of hydrogen-bond acceptors (Lipinski definition) is 4. The topological polar surface area (TPSA) is 69.6 Å². The molecule has 0 unspecified atom stereocenters. The van der Waals surface area contributed by atoms with E-state index in [2.05, 4.69) is 5.32 Å². The average Bonchev–Trinajstić information content (AvgIpc) is 2.25.